The monoisotopic (exact) mass is 303 g/mol. The Kier molecular flexibility index (Phi) is 5.75. The van der Waals surface area contributed by atoms with Crippen molar-refractivity contribution in [2.75, 3.05) is 6.54 Å². The summed E-state index contributed by atoms with van der Waals surface area (Å²) in [6, 6.07) is 6.47. The van der Waals surface area contributed by atoms with E-state index in [2.05, 4.69) is 5.32 Å². The highest BCUT2D eigenvalue weighted by atomic mass is 19.4. The molecule has 1 unspecified atom stereocenters. The molecule has 0 spiro atoms. The first-order valence-corrected chi connectivity index (χ1v) is 6.33. The molecule has 0 aliphatic carbocycles. The number of aryl methyl sites for hydroxylation is 1. The number of carbonyl (C=O) groups is 2. The molecule has 0 aromatic heterocycles. The van der Waals surface area contributed by atoms with Crippen molar-refractivity contribution in [1.82, 2.24) is 5.32 Å². The maximum atomic E-state index is 12.7. The Morgan fingerprint density at radius 2 is 2.00 bits per heavy atom. The van der Waals surface area contributed by atoms with Crippen molar-refractivity contribution < 1.29 is 27.9 Å². The van der Waals surface area contributed by atoms with Gasteiger partial charge in [0.25, 0.3) is 5.91 Å². The molecular weight excluding hydrogens is 287 g/mol. The summed E-state index contributed by atoms with van der Waals surface area (Å²) in [6.07, 6.45) is -5.70. The molecule has 0 aliphatic rings. The summed E-state index contributed by atoms with van der Waals surface area (Å²) < 4.78 is 38.2. The van der Waals surface area contributed by atoms with Crippen LogP contribution in [0.1, 0.15) is 28.8 Å². The largest absolute Gasteiger partial charge is 0.481 e. The van der Waals surface area contributed by atoms with Crippen LogP contribution in [0.25, 0.3) is 0 Å². The van der Waals surface area contributed by atoms with Crippen LogP contribution in [-0.4, -0.2) is 29.7 Å². The molecule has 21 heavy (non-hydrogen) atoms. The second-order valence-electron chi connectivity index (χ2n) is 4.75. The van der Waals surface area contributed by atoms with Gasteiger partial charge in [-0.2, -0.15) is 13.2 Å². The van der Waals surface area contributed by atoms with E-state index in [4.69, 9.17) is 5.11 Å². The molecule has 0 aliphatic heterocycles. The number of benzene rings is 1. The van der Waals surface area contributed by atoms with E-state index in [-0.39, 0.29) is 5.56 Å². The van der Waals surface area contributed by atoms with E-state index in [1.165, 1.54) is 6.07 Å². The van der Waals surface area contributed by atoms with Crippen molar-refractivity contribution in [2.24, 2.45) is 5.92 Å². The number of hydrogen-bond donors (Lipinski definition) is 2. The Balaban J connectivity index is 2.64. The normalized spacial score (nSPS) is 12.8. The Hall–Kier alpha value is -2.05. The second-order valence-corrected chi connectivity index (χ2v) is 4.75. The van der Waals surface area contributed by atoms with Gasteiger partial charge in [-0.15, -0.1) is 0 Å². The number of hydrogen-bond acceptors (Lipinski definition) is 2. The van der Waals surface area contributed by atoms with Crippen LogP contribution < -0.4 is 5.32 Å². The molecule has 4 nitrogen and oxygen atoms in total. The molecule has 1 atom stereocenters. The number of rotatable bonds is 6. The van der Waals surface area contributed by atoms with Gasteiger partial charge in [-0.05, 0) is 25.5 Å². The third-order valence-electron chi connectivity index (χ3n) is 2.96. The maximum absolute atomic E-state index is 12.7. The van der Waals surface area contributed by atoms with Gasteiger partial charge in [-0.1, -0.05) is 17.7 Å². The van der Waals surface area contributed by atoms with E-state index in [1.807, 2.05) is 0 Å². The highest BCUT2D eigenvalue weighted by Gasteiger charge is 2.39. The van der Waals surface area contributed by atoms with Gasteiger partial charge in [-0.3, -0.25) is 9.59 Å². The number of carbonyl (C=O) groups excluding carboxylic acids is 1. The fourth-order valence-corrected chi connectivity index (χ4v) is 1.78. The van der Waals surface area contributed by atoms with Crippen molar-refractivity contribution in [3.05, 3.63) is 35.4 Å². The van der Waals surface area contributed by atoms with E-state index in [0.29, 0.717) is 0 Å². The summed E-state index contributed by atoms with van der Waals surface area (Å²) in [5.74, 6) is -3.78. The maximum Gasteiger partial charge on any atom is 0.393 e. The van der Waals surface area contributed by atoms with Crippen LogP contribution in [0.4, 0.5) is 13.2 Å². The molecular formula is C14H16F3NO3. The summed E-state index contributed by atoms with van der Waals surface area (Å²) in [7, 11) is 0. The zero-order chi connectivity index (χ0) is 16.0. The fourth-order valence-electron chi connectivity index (χ4n) is 1.78. The van der Waals surface area contributed by atoms with Crippen molar-refractivity contribution in [3.8, 4) is 0 Å². The summed E-state index contributed by atoms with van der Waals surface area (Å²) in [4.78, 5) is 22.1. The molecule has 0 saturated carbocycles. The predicted molar refractivity (Wildman–Crippen MR) is 69.9 cm³/mol. The zero-order valence-electron chi connectivity index (χ0n) is 11.4. The highest BCUT2D eigenvalue weighted by molar-refractivity contribution is 5.94. The number of carboxylic acids is 1. The quantitative estimate of drug-likeness (QED) is 0.849. The molecule has 1 aromatic rings. The van der Waals surface area contributed by atoms with Gasteiger partial charge in [-0.25, -0.2) is 0 Å². The van der Waals surface area contributed by atoms with Crippen molar-refractivity contribution >= 4 is 11.9 Å². The van der Waals surface area contributed by atoms with Crippen molar-refractivity contribution in [1.29, 1.82) is 0 Å². The van der Waals surface area contributed by atoms with Crippen LogP contribution in [0.5, 0.6) is 0 Å². The SMILES string of the molecule is Cc1cccc(C(=O)NCC(CCC(=O)O)C(F)(F)F)c1. The lowest BCUT2D eigenvalue weighted by Gasteiger charge is -2.20. The number of aliphatic carboxylic acids is 1. The average Bonchev–Trinajstić information content (AvgIpc) is 2.36. The molecule has 0 fully saturated rings. The zero-order valence-corrected chi connectivity index (χ0v) is 11.4. The van der Waals surface area contributed by atoms with Crippen molar-refractivity contribution in [3.63, 3.8) is 0 Å². The Labute approximate surface area is 120 Å². The minimum atomic E-state index is -4.55. The minimum Gasteiger partial charge on any atom is -0.481 e. The minimum absolute atomic E-state index is 0.272. The Morgan fingerprint density at radius 3 is 2.52 bits per heavy atom. The van der Waals surface area contributed by atoms with Crippen LogP contribution in [0.15, 0.2) is 24.3 Å². The van der Waals surface area contributed by atoms with E-state index in [0.717, 1.165) is 5.56 Å². The number of amides is 1. The van der Waals surface area contributed by atoms with Crippen LogP contribution in [-0.2, 0) is 4.79 Å². The van der Waals surface area contributed by atoms with Gasteiger partial charge in [0.2, 0.25) is 0 Å². The van der Waals surface area contributed by atoms with Gasteiger partial charge < -0.3 is 10.4 Å². The van der Waals surface area contributed by atoms with E-state index in [9.17, 15) is 22.8 Å². The number of alkyl halides is 3. The van der Waals surface area contributed by atoms with Gasteiger partial charge in [0, 0.05) is 18.5 Å². The van der Waals surface area contributed by atoms with Gasteiger partial charge >= 0.3 is 12.1 Å². The van der Waals surface area contributed by atoms with Crippen LogP contribution in [0, 0.1) is 12.8 Å². The van der Waals surface area contributed by atoms with Crippen LogP contribution in [0.2, 0.25) is 0 Å². The van der Waals surface area contributed by atoms with Gasteiger partial charge in [0.15, 0.2) is 0 Å². The predicted octanol–water partition coefficient (Wildman–Crippen LogP) is 2.77. The third kappa shape index (κ3) is 5.85. The van der Waals surface area contributed by atoms with Crippen LogP contribution >= 0.6 is 0 Å². The lowest BCUT2D eigenvalue weighted by Crippen LogP contribution is -2.36. The second kappa shape index (κ2) is 7.10. The lowest BCUT2D eigenvalue weighted by atomic mass is 10.0. The molecule has 0 heterocycles. The highest BCUT2D eigenvalue weighted by Crippen LogP contribution is 2.29. The molecule has 0 radical (unpaired) electrons. The Bertz CT molecular complexity index is 514. The first-order chi connectivity index (χ1) is 9.70. The molecule has 1 rings (SSSR count). The summed E-state index contributed by atoms with van der Waals surface area (Å²) in [5.41, 5.74) is 1.09. The smallest absolute Gasteiger partial charge is 0.393 e. The molecule has 7 heteroatoms. The molecule has 2 N–H and O–H groups in total. The van der Waals surface area contributed by atoms with E-state index in [1.54, 1.807) is 25.1 Å². The summed E-state index contributed by atoms with van der Waals surface area (Å²) in [6.45, 7) is 1.13. The third-order valence-corrected chi connectivity index (χ3v) is 2.96. The number of halogens is 3. The lowest BCUT2D eigenvalue weighted by molar-refractivity contribution is -0.175. The Morgan fingerprint density at radius 1 is 1.33 bits per heavy atom. The molecule has 1 aromatic carbocycles. The van der Waals surface area contributed by atoms with Crippen molar-refractivity contribution in [2.45, 2.75) is 25.9 Å². The van der Waals surface area contributed by atoms with Gasteiger partial charge in [0.05, 0.1) is 5.92 Å². The first-order valence-electron chi connectivity index (χ1n) is 6.33. The number of carboxylic acid groups (broad SMARTS) is 1. The first kappa shape index (κ1) is 17.0. The van der Waals surface area contributed by atoms with E-state index < -0.39 is 43.4 Å². The average molecular weight is 303 g/mol. The summed E-state index contributed by atoms with van der Waals surface area (Å²) in [5, 5.41) is 10.7. The van der Waals surface area contributed by atoms with Crippen LogP contribution in [0.3, 0.4) is 0 Å². The molecule has 1 amide bonds. The topological polar surface area (TPSA) is 66.4 Å². The molecule has 116 valence electrons. The fraction of sp³-hybridized carbons (Fsp3) is 0.429. The number of nitrogens with one attached hydrogen (secondary N) is 1. The molecule has 0 saturated heterocycles. The molecule has 0 bridgehead atoms. The van der Waals surface area contributed by atoms with Gasteiger partial charge in [0.1, 0.15) is 0 Å². The van der Waals surface area contributed by atoms with E-state index >= 15 is 0 Å². The standard InChI is InChI=1S/C14H16F3NO3/c1-9-3-2-4-10(7-9)13(21)18-8-11(14(15,16)17)5-6-12(19)20/h2-4,7,11H,5-6,8H2,1H3,(H,18,21)(H,19,20). The summed E-state index contributed by atoms with van der Waals surface area (Å²) >= 11 is 0.